The highest BCUT2D eigenvalue weighted by atomic mass is 19.1. The Balaban J connectivity index is 1.49. The van der Waals surface area contributed by atoms with E-state index < -0.39 is 0 Å². The summed E-state index contributed by atoms with van der Waals surface area (Å²) in [4.78, 5) is 14.9. The van der Waals surface area contributed by atoms with Crippen LogP contribution in [0.3, 0.4) is 0 Å². The molecule has 0 saturated carbocycles. The van der Waals surface area contributed by atoms with Gasteiger partial charge in [-0.05, 0) is 41.3 Å². The largest absolute Gasteiger partial charge is 0.392 e. The van der Waals surface area contributed by atoms with Gasteiger partial charge in [-0.15, -0.1) is 0 Å². The van der Waals surface area contributed by atoms with Crippen LogP contribution in [0.1, 0.15) is 16.7 Å². The minimum absolute atomic E-state index is 0.0549. The van der Waals surface area contributed by atoms with E-state index in [0.29, 0.717) is 19.5 Å². The van der Waals surface area contributed by atoms with Crippen molar-refractivity contribution in [1.82, 2.24) is 15.6 Å². The highest BCUT2D eigenvalue weighted by molar-refractivity contribution is 5.83. The van der Waals surface area contributed by atoms with Crippen LogP contribution in [0.5, 0.6) is 0 Å². The number of aromatic amines is 1. The summed E-state index contributed by atoms with van der Waals surface area (Å²) in [5.74, 6) is -0.276. The summed E-state index contributed by atoms with van der Waals surface area (Å²) in [6, 6.07) is 11.8. The average molecular weight is 341 g/mol. The van der Waals surface area contributed by atoms with Gasteiger partial charge in [-0.3, -0.25) is 0 Å². The molecule has 0 fully saturated rings. The van der Waals surface area contributed by atoms with E-state index in [1.165, 1.54) is 12.1 Å². The van der Waals surface area contributed by atoms with E-state index >= 15 is 0 Å². The van der Waals surface area contributed by atoms with Gasteiger partial charge in [0.2, 0.25) is 0 Å². The van der Waals surface area contributed by atoms with Crippen LogP contribution in [0.25, 0.3) is 10.9 Å². The maximum atomic E-state index is 13.2. The number of fused-ring (bicyclic) bond motifs is 1. The summed E-state index contributed by atoms with van der Waals surface area (Å²) in [6.45, 7) is 0.771. The van der Waals surface area contributed by atoms with Crippen molar-refractivity contribution >= 4 is 16.9 Å². The van der Waals surface area contributed by atoms with Gasteiger partial charge in [0.05, 0.1) is 6.61 Å². The summed E-state index contributed by atoms with van der Waals surface area (Å²) in [6.07, 6.45) is 2.48. The van der Waals surface area contributed by atoms with Gasteiger partial charge in [-0.2, -0.15) is 0 Å². The van der Waals surface area contributed by atoms with Gasteiger partial charge in [-0.25, -0.2) is 9.18 Å². The fourth-order valence-corrected chi connectivity index (χ4v) is 2.80. The zero-order valence-electron chi connectivity index (χ0n) is 13.7. The Morgan fingerprint density at radius 2 is 1.88 bits per heavy atom. The third-order valence-electron chi connectivity index (χ3n) is 4.14. The zero-order valence-corrected chi connectivity index (χ0v) is 13.7. The average Bonchev–Trinajstić information content (AvgIpc) is 3.02. The molecule has 1 heterocycles. The van der Waals surface area contributed by atoms with Crippen molar-refractivity contribution in [2.24, 2.45) is 0 Å². The smallest absolute Gasteiger partial charge is 0.315 e. The number of aromatic nitrogens is 1. The molecule has 25 heavy (non-hydrogen) atoms. The maximum absolute atomic E-state index is 13.2. The lowest BCUT2D eigenvalue weighted by molar-refractivity contribution is 0.240. The molecular weight excluding hydrogens is 321 g/mol. The number of rotatable bonds is 6. The van der Waals surface area contributed by atoms with Gasteiger partial charge in [0.25, 0.3) is 0 Å². The molecule has 0 saturated heterocycles. The van der Waals surface area contributed by atoms with E-state index in [1.807, 2.05) is 30.5 Å². The van der Waals surface area contributed by atoms with E-state index in [2.05, 4.69) is 15.6 Å². The van der Waals surface area contributed by atoms with Gasteiger partial charge in [0, 0.05) is 30.2 Å². The van der Waals surface area contributed by atoms with E-state index in [4.69, 9.17) is 0 Å². The Morgan fingerprint density at radius 3 is 2.68 bits per heavy atom. The minimum atomic E-state index is -0.276. The molecule has 0 aliphatic heterocycles. The van der Waals surface area contributed by atoms with Crippen LogP contribution in [-0.4, -0.2) is 22.7 Å². The Hall–Kier alpha value is -2.86. The Kier molecular flexibility index (Phi) is 5.30. The van der Waals surface area contributed by atoms with E-state index in [9.17, 15) is 14.3 Å². The first-order valence-electron chi connectivity index (χ1n) is 8.12. The first kappa shape index (κ1) is 17.0. The first-order chi connectivity index (χ1) is 12.2. The lowest BCUT2D eigenvalue weighted by atomic mass is 10.1. The molecule has 130 valence electrons. The number of urea groups is 1. The van der Waals surface area contributed by atoms with Gasteiger partial charge >= 0.3 is 6.03 Å². The lowest BCUT2D eigenvalue weighted by Crippen LogP contribution is -2.36. The molecule has 0 unspecified atom stereocenters. The monoisotopic (exact) mass is 341 g/mol. The highest BCUT2D eigenvalue weighted by Crippen LogP contribution is 2.19. The molecule has 0 spiro atoms. The molecule has 0 bridgehead atoms. The van der Waals surface area contributed by atoms with Crippen LogP contribution in [0, 0.1) is 5.82 Å². The molecule has 2 aromatic carbocycles. The Labute approximate surface area is 144 Å². The van der Waals surface area contributed by atoms with Crippen LogP contribution < -0.4 is 10.6 Å². The van der Waals surface area contributed by atoms with Crippen molar-refractivity contribution in [3.63, 3.8) is 0 Å². The second-order valence-electron chi connectivity index (χ2n) is 5.79. The molecular formula is C19H20FN3O2. The van der Waals surface area contributed by atoms with Crippen LogP contribution in [0.2, 0.25) is 0 Å². The third-order valence-corrected chi connectivity index (χ3v) is 4.14. The van der Waals surface area contributed by atoms with Crippen molar-refractivity contribution in [2.75, 3.05) is 6.54 Å². The number of H-pyrrole nitrogens is 1. The summed E-state index contributed by atoms with van der Waals surface area (Å²) in [7, 11) is 0. The van der Waals surface area contributed by atoms with Crippen molar-refractivity contribution in [1.29, 1.82) is 0 Å². The molecule has 4 N–H and O–H groups in total. The van der Waals surface area contributed by atoms with Crippen LogP contribution >= 0.6 is 0 Å². The number of nitrogens with one attached hydrogen (secondary N) is 3. The topological polar surface area (TPSA) is 77.2 Å². The summed E-state index contributed by atoms with van der Waals surface area (Å²) >= 11 is 0. The fourth-order valence-electron chi connectivity index (χ4n) is 2.80. The normalized spacial score (nSPS) is 10.8. The molecule has 3 rings (SSSR count). The van der Waals surface area contributed by atoms with Crippen LogP contribution in [0.4, 0.5) is 9.18 Å². The number of aliphatic hydroxyl groups excluding tert-OH is 1. The number of aliphatic hydroxyl groups is 1. The summed E-state index contributed by atoms with van der Waals surface area (Å²) in [5.41, 5.74) is 3.47. The Bertz CT molecular complexity index is 876. The predicted molar refractivity (Wildman–Crippen MR) is 94.6 cm³/mol. The number of halogens is 1. The molecule has 5 nitrogen and oxygen atoms in total. The highest BCUT2D eigenvalue weighted by Gasteiger charge is 2.06. The van der Waals surface area contributed by atoms with E-state index in [1.54, 1.807) is 6.07 Å². The van der Waals surface area contributed by atoms with Gasteiger partial charge in [0.15, 0.2) is 0 Å². The van der Waals surface area contributed by atoms with Crippen molar-refractivity contribution in [3.05, 3.63) is 71.2 Å². The lowest BCUT2D eigenvalue weighted by Gasteiger charge is -2.10. The van der Waals surface area contributed by atoms with Gasteiger partial charge in [0.1, 0.15) is 5.82 Å². The number of amides is 2. The fraction of sp³-hybridized carbons (Fsp3) is 0.211. The van der Waals surface area contributed by atoms with Crippen molar-refractivity contribution < 1.29 is 14.3 Å². The third kappa shape index (κ3) is 4.16. The van der Waals surface area contributed by atoms with Crippen molar-refractivity contribution in [3.8, 4) is 0 Å². The molecule has 0 aliphatic rings. The number of hydrogen-bond acceptors (Lipinski definition) is 2. The number of carbonyl (C=O) groups excluding carboxylic acids is 1. The molecule has 6 heteroatoms. The second-order valence-corrected chi connectivity index (χ2v) is 5.79. The van der Waals surface area contributed by atoms with Crippen LogP contribution in [-0.2, 0) is 19.6 Å². The second kappa shape index (κ2) is 7.81. The number of benzene rings is 2. The predicted octanol–water partition coefficient (Wildman–Crippen LogP) is 2.84. The van der Waals surface area contributed by atoms with E-state index in [0.717, 1.165) is 27.6 Å². The quantitative estimate of drug-likeness (QED) is 0.556. The first-order valence-corrected chi connectivity index (χ1v) is 8.12. The van der Waals surface area contributed by atoms with Gasteiger partial charge < -0.3 is 20.7 Å². The summed E-state index contributed by atoms with van der Waals surface area (Å²) in [5, 5.41) is 15.8. The molecule has 1 aromatic heterocycles. The van der Waals surface area contributed by atoms with E-state index in [-0.39, 0.29) is 18.5 Å². The Morgan fingerprint density at radius 1 is 1.08 bits per heavy atom. The standard InChI is InChI=1S/C19H20FN3O2/c20-16-5-6-17-14(11-22-18(17)9-16)7-8-21-19(25)23-10-13-3-1-2-4-15(13)12-24/h1-6,9,11,22,24H,7-8,10,12H2,(H2,21,23,25). The van der Waals surface area contributed by atoms with Crippen LogP contribution in [0.15, 0.2) is 48.7 Å². The summed E-state index contributed by atoms with van der Waals surface area (Å²) < 4.78 is 13.2. The minimum Gasteiger partial charge on any atom is -0.392 e. The van der Waals surface area contributed by atoms with Gasteiger partial charge in [-0.1, -0.05) is 24.3 Å². The molecule has 0 radical (unpaired) electrons. The SMILES string of the molecule is O=C(NCCc1c[nH]c2cc(F)ccc12)NCc1ccccc1CO. The molecule has 3 aromatic rings. The molecule has 0 aliphatic carbocycles. The van der Waals surface area contributed by atoms with Crippen molar-refractivity contribution in [2.45, 2.75) is 19.6 Å². The number of hydrogen-bond donors (Lipinski definition) is 4. The number of carbonyl (C=O) groups is 1. The zero-order chi connectivity index (χ0) is 17.6. The maximum Gasteiger partial charge on any atom is 0.315 e. The molecule has 2 amide bonds. The molecule has 0 atom stereocenters.